The predicted octanol–water partition coefficient (Wildman–Crippen LogP) is 3.56. The molecule has 0 fully saturated rings. The van der Waals surface area contributed by atoms with Crippen LogP contribution in [0.25, 0.3) is 5.69 Å². The van der Waals surface area contributed by atoms with Crippen LogP contribution in [0, 0.1) is 0 Å². The van der Waals surface area contributed by atoms with Gasteiger partial charge in [0.15, 0.2) is 0 Å². The average Bonchev–Trinajstić information content (AvgIpc) is 3.25. The molecule has 0 bridgehead atoms. The fourth-order valence-corrected chi connectivity index (χ4v) is 3.00. The molecule has 0 spiro atoms. The predicted molar refractivity (Wildman–Crippen MR) is 119 cm³/mol. The van der Waals surface area contributed by atoms with E-state index >= 15 is 0 Å². The topological polar surface area (TPSA) is 101 Å². The zero-order valence-corrected chi connectivity index (χ0v) is 16.9. The van der Waals surface area contributed by atoms with E-state index in [4.69, 9.17) is 0 Å². The van der Waals surface area contributed by atoms with Crippen LogP contribution in [-0.2, 0) is 0 Å². The van der Waals surface area contributed by atoms with Gasteiger partial charge in [0.25, 0.3) is 10.9 Å². The highest BCUT2D eigenvalue weighted by Crippen LogP contribution is 2.24. The maximum absolute atomic E-state index is 12.0. The van der Waals surface area contributed by atoms with Crippen molar-refractivity contribution in [2.75, 3.05) is 16.0 Å². The van der Waals surface area contributed by atoms with E-state index in [0.29, 0.717) is 11.8 Å². The zero-order valence-electron chi connectivity index (χ0n) is 16.9. The lowest BCUT2D eigenvalue weighted by Gasteiger charge is -2.24. The van der Waals surface area contributed by atoms with Crippen molar-refractivity contribution in [3.05, 3.63) is 81.5 Å². The second-order valence-corrected chi connectivity index (χ2v) is 7.94. The summed E-state index contributed by atoms with van der Waals surface area (Å²) < 4.78 is 2.00. The number of benzene rings is 1. The lowest BCUT2D eigenvalue weighted by Crippen LogP contribution is -2.41. The monoisotopic (exact) mass is 402 g/mol. The number of anilines is 5. The first-order valence-electron chi connectivity index (χ1n) is 9.52. The minimum Gasteiger partial charge on any atom is -0.375 e. The summed E-state index contributed by atoms with van der Waals surface area (Å²) in [5.41, 5.74) is 0.885. The van der Waals surface area contributed by atoms with Crippen molar-refractivity contribution in [3.63, 3.8) is 0 Å². The van der Waals surface area contributed by atoms with Gasteiger partial charge in [0.1, 0.15) is 17.2 Å². The van der Waals surface area contributed by atoms with Crippen LogP contribution in [0.4, 0.5) is 28.8 Å². The third-order valence-corrected chi connectivity index (χ3v) is 4.32. The molecular formula is C22H22N6O2. The third kappa shape index (κ3) is 4.07. The van der Waals surface area contributed by atoms with Crippen molar-refractivity contribution < 1.29 is 0 Å². The van der Waals surface area contributed by atoms with Crippen LogP contribution >= 0.6 is 0 Å². The van der Waals surface area contributed by atoms with Crippen LogP contribution < -0.4 is 26.8 Å². The maximum atomic E-state index is 12.0. The quantitative estimate of drug-likeness (QED) is 0.424. The van der Waals surface area contributed by atoms with Gasteiger partial charge in [-0.05, 0) is 57.2 Å². The van der Waals surface area contributed by atoms with E-state index in [1.54, 1.807) is 12.3 Å². The Kier molecular flexibility index (Phi) is 4.83. The molecule has 0 aliphatic heterocycles. The van der Waals surface area contributed by atoms with Crippen LogP contribution in [0.15, 0.2) is 70.6 Å². The van der Waals surface area contributed by atoms with Crippen LogP contribution in [0.5, 0.6) is 0 Å². The van der Waals surface area contributed by atoms with Crippen LogP contribution in [0.3, 0.4) is 0 Å². The van der Waals surface area contributed by atoms with Crippen molar-refractivity contribution in [1.82, 2.24) is 14.5 Å². The molecule has 0 radical (unpaired) electrons. The molecule has 0 saturated heterocycles. The number of rotatable bonds is 6. The summed E-state index contributed by atoms with van der Waals surface area (Å²) in [7, 11) is 0. The molecule has 30 heavy (non-hydrogen) atoms. The van der Waals surface area contributed by atoms with Crippen molar-refractivity contribution >= 4 is 28.8 Å². The van der Waals surface area contributed by atoms with Gasteiger partial charge in [0.2, 0.25) is 5.95 Å². The lowest BCUT2D eigenvalue weighted by molar-refractivity contribution is 0.632. The SMILES string of the molecule is CC(C)(C)Nc1c(Nc2ccnc(Nc3cccc(-n4cccc4)c3)n2)c(=O)c1=O. The Morgan fingerprint density at radius 1 is 0.900 bits per heavy atom. The smallest absolute Gasteiger partial charge is 0.253 e. The molecule has 4 rings (SSSR count). The van der Waals surface area contributed by atoms with E-state index in [1.807, 2.05) is 74.1 Å². The Labute approximate surface area is 173 Å². The number of hydrogen-bond donors (Lipinski definition) is 3. The summed E-state index contributed by atoms with van der Waals surface area (Å²) in [5.74, 6) is 0.784. The minimum atomic E-state index is -0.561. The van der Waals surface area contributed by atoms with Crippen molar-refractivity contribution in [2.45, 2.75) is 26.3 Å². The fraction of sp³-hybridized carbons (Fsp3) is 0.182. The molecular weight excluding hydrogens is 380 g/mol. The highest BCUT2D eigenvalue weighted by atomic mass is 16.2. The molecule has 0 saturated carbocycles. The second kappa shape index (κ2) is 7.47. The van der Waals surface area contributed by atoms with Crippen molar-refractivity contribution in [1.29, 1.82) is 0 Å². The lowest BCUT2D eigenvalue weighted by atomic mass is 10.1. The molecule has 2 aromatic heterocycles. The van der Waals surface area contributed by atoms with Gasteiger partial charge in [-0.2, -0.15) is 4.98 Å². The Morgan fingerprint density at radius 2 is 1.63 bits per heavy atom. The molecule has 3 N–H and O–H groups in total. The van der Waals surface area contributed by atoms with Gasteiger partial charge in [-0.15, -0.1) is 0 Å². The Morgan fingerprint density at radius 3 is 2.37 bits per heavy atom. The Balaban J connectivity index is 1.54. The number of aromatic nitrogens is 3. The van der Waals surface area contributed by atoms with Crippen LogP contribution in [0.2, 0.25) is 0 Å². The van der Waals surface area contributed by atoms with E-state index < -0.39 is 10.9 Å². The number of nitrogens with one attached hydrogen (secondary N) is 3. The van der Waals surface area contributed by atoms with Gasteiger partial charge in [-0.3, -0.25) is 9.59 Å². The highest BCUT2D eigenvalue weighted by molar-refractivity contribution is 5.78. The number of hydrogen-bond acceptors (Lipinski definition) is 7. The summed E-state index contributed by atoms with van der Waals surface area (Å²) in [5, 5.41) is 9.17. The number of nitrogens with zero attached hydrogens (tertiary/aromatic N) is 3. The van der Waals surface area contributed by atoms with E-state index in [9.17, 15) is 9.59 Å². The molecule has 8 heteroatoms. The molecule has 2 heterocycles. The van der Waals surface area contributed by atoms with Gasteiger partial charge in [-0.25, -0.2) is 4.98 Å². The molecule has 8 nitrogen and oxygen atoms in total. The Bertz CT molecular complexity index is 1250. The molecule has 0 atom stereocenters. The van der Waals surface area contributed by atoms with Crippen molar-refractivity contribution in [2.24, 2.45) is 0 Å². The van der Waals surface area contributed by atoms with Gasteiger partial charge < -0.3 is 20.5 Å². The van der Waals surface area contributed by atoms with Gasteiger partial charge in [-0.1, -0.05) is 6.07 Å². The van der Waals surface area contributed by atoms with E-state index in [1.165, 1.54) is 0 Å². The standard InChI is InChI=1S/C22H22N6O2/c1-22(2,3)27-18-17(19(29)20(18)30)25-16-9-10-23-21(26-16)24-14-7-6-8-15(13-14)28-11-4-5-12-28/h4-13,27H,1-3H3,(H2,23,24,25,26). The summed E-state index contributed by atoms with van der Waals surface area (Å²) in [4.78, 5) is 32.6. The summed E-state index contributed by atoms with van der Waals surface area (Å²) in [6.45, 7) is 5.76. The van der Waals surface area contributed by atoms with E-state index in [2.05, 4.69) is 25.9 Å². The average molecular weight is 402 g/mol. The molecule has 0 amide bonds. The van der Waals surface area contributed by atoms with Gasteiger partial charge in [0.05, 0.1) is 0 Å². The first-order valence-corrected chi connectivity index (χ1v) is 9.52. The Hall–Kier alpha value is -3.94. The molecule has 2 aromatic carbocycles. The van der Waals surface area contributed by atoms with Crippen LogP contribution in [0.1, 0.15) is 20.8 Å². The van der Waals surface area contributed by atoms with Crippen molar-refractivity contribution in [3.8, 4) is 5.69 Å². The van der Waals surface area contributed by atoms with Crippen LogP contribution in [-0.4, -0.2) is 20.1 Å². The van der Waals surface area contributed by atoms with E-state index in [0.717, 1.165) is 11.4 Å². The maximum Gasteiger partial charge on any atom is 0.253 e. The first kappa shape index (κ1) is 19.4. The normalized spacial score (nSPS) is 11.4. The van der Waals surface area contributed by atoms with E-state index in [-0.39, 0.29) is 16.9 Å². The fourth-order valence-electron chi connectivity index (χ4n) is 3.00. The second-order valence-electron chi connectivity index (χ2n) is 7.94. The van der Waals surface area contributed by atoms with Gasteiger partial charge in [0, 0.05) is 35.5 Å². The zero-order chi connectivity index (χ0) is 21.3. The summed E-state index contributed by atoms with van der Waals surface area (Å²) >= 11 is 0. The molecule has 0 aliphatic carbocycles. The molecule has 152 valence electrons. The molecule has 4 aromatic rings. The third-order valence-electron chi connectivity index (χ3n) is 4.32. The summed E-state index contributed by atoms with van der Waals surface area (Å²) in [6, 6.07) is 13.4. The first-order chi connectivity index (χ1) is 14.3. The largest absolute Gasteiger partial charge is 0.375 e. The minimum absolute atomic E-state index is 0.217. The molecule has 0 unspecified atom stereocenters. The molecule has 0 aliphatic rings. The highest BCUT2D eigenvalue weighted by Gasteiger charge is 2.25. The van der Waals surface area contributed by atoms with Gasteiger partial charge >= 0.3 is 0 Å². The summed E-state index contributed by atoms with van der Waals surface area (Å²) in [6.07, 6.45) is 5.51.